The number of nitrogens with zero attached hydrogens (tertiary/aromatic N) is 2. The molecule has 0 amide bonds. The topological polar surface area (TPSA) is 44.2 Å². The number of pyridine rings is 2. The third-order valence-corrected chi connectivity index (χ3v) is 13.5. The van der Waals surface area contributed by atoms with Crippen LogP contribution in [0.25, 0.3) is 44.8 Å². The maximum absolute atomic E-state index is 6.88. The van der Waals surface area contributed by atoms with Crippen LogP contribution in [-0.2, 0) is 11.8 Å². The highest BCUT2D eigenvalue weighted by Gasteiger charge is 2.42. The molecule has 2 aromatic heterocycles. The number of fused-ring (bicyclic) bond motifs is 4. The van der Waals surface area contributed by atoms with Gasteiger partial charge in [-0.3, -0.25) is 9.97 Å². The van der Waals surface area contributed by atoms with Crippen LogP contribution < -0.4 is 25.4 Å². The molecule has 0 unspecified atom stereocenters. The summed E-state index contributed by atoms with van der Waals surface area (Å²) < 4.78 is 13.0. The van der Waals surface area contributed by atoms with Gasteiger partial charge in [-0.15, -0.1) is 0 Å². The Kier molecular flexibility index (Phi) is 6.24. The van der Waals surface area contributed by atoms with Gasteiger partial charge in [0.1, 0.15) is 23.0 Å². The van der Waals surface area contributed by atoms with E-state index in [1.165, 1.54) is 0 Å². The zero-order valence-electron chi connectivity index (χ0n) is 24.5. The Bertz CT molecular complexity index is 2170. The number of hydrogen-bond acceptors (Lipinski definition) is 5. The predicted molar refractivity (Wildman–Crippen MR) is 190 cm³/mol. The smallest absolute Gasteiger partial charge is 0.140 e. The number of benzene rings is 5. The van der Waals surface area contributed by atoms with Gasteiger partial charge in [-0.1, -0.05) is 90.7 Å². The van der Waals surface area contributed by atoms with Gasteiger partial charge in [0.15, 0.2) is 0 Å². The Hall–Kier alpha value is -5.35. The van der Waals surface area contributed by atoms with E-state index in [-0.39, 0.29) is 0 Å². The predicted octanol–water partition coefficient (Wildman–Crippen LogP) is 9.11. The van der Waals surface area contributed by atoms with E-state index in [9.17, 15) is 0 Å². The summed E-state index contributed by atoms with van der Waals surface area (Å²) in [6.07, 6.45) is 3.64. The van der Waals surface area contributed by atoms with Crippen molar-refractivity contribution in [3.8, 4) is 67.8 Å². The molecule has 4 nitrogen and oxygen atoms in total. The monoisotopic (exact) mass is 628 g/mol. The first-order valence-corrected chi connectivity index (χ1v) is 17.9. The molecular weight excluding hydrogens is 603 g/mol. The fraction of sp³-hybridized carbons (Fsp3) is 0. The quantitative estimate of drug-likeness (QED) is 0.182. The van der Waals surface area contributed by atoms with Crippen LogP contribution in [0.3, 0.4) is 0 Å². The lowest BCUT2D eigenvalue weighted by atomic mass is 10.0. The molecule has 6 heteroatoms. The summed E-state index contributed by atoms with van der Waals surface area (Å²) in [5.74, 6) is 3.16. The van der Waals surface area contributed by atoms with Crippen LogP contribution in [0.5, 0.6) is 23.0 Å². The SMILES string of the molecule is S=P12c3cc(-c4ccc(-c5ccccn5)cc4)ccc3Oc3cccc(c31)Oc1ccc(-c3ccc(-c4ccccn4)cc3)cc12. The van der Waals surface area contributed by atoms with Gasteiger partial charge in [-0.25, -0.2) is 0 Å². The lowest BCUT2D eigenvalue weighted by Crippen LogP contribution is -2.35. The van der Waals surface area contributed by atoms with Crippen molar-refractivity contribution in [2.45, 2.75) is 0 Å². The van der Waals surface area contributed by atoms with Crippen molar-refractivity contribution in [1.82, 2.24) is 9.97 Å². The average Bonchev–Trinajstić information content (AvgIpc) is 3.12. The zero-order valence-corrected chi connectivity index (χ0v) is 26.2. The Morgan fingerprint density at radius 3 is 1.28 bits per heavy atom. The standard InChI is InChI=1S/C40H25N2O2PS/c46-45-38-24-30(26-10-14-28(15-11-26)32-6-1-3-22-41-32)18-20-34(38)43-36-8-5-9-37(40(36)45)44-35-21-19-31(25-39(35)45)27-12-16-29(17-13-27)33-7-2-4-23-42-33/h1-25H. The van der Waals surface area contributed by atoms with E-state index in [2.05, 4.69) is 94.9 Å². The molecule has 4 heterocycles. The van der Waals surface area contributed by atoms with Crippen LogP contribution in [0, 0.1) is 0 Å². The average molecular weight is 629 g/mol. The van der Waals surface area contributed by atoms with Crippen molar-refractivity contribution in [2.75, 3.05) is 0 Å². The number of rotatable bonds is 4. The van der Waals surface area contributed by atoms with Gasteiger partial charge >= 0.3 is 0 Å². The van der Waals surface area contributed by atoms with Gasteiger partial charge in [0, 0.05) is 34.1 Å². The van der Waals surface area contributed by atoms with E-state index in [1.807, 2.05) is 67.0 Å². The molecule has 2 aliphatic rings. The summed E-state index contributed by atoms with van der Waals surface area (Å²) in [5.41, 5.74) is 8.47. The minimum Gasteiger partial charge on any atom is -0.456 e. The number of ether oxygens (including phenoxy) is 2. The van der Waals surface area contributed by atoms with E-state index >= 15 is 0 Å². The minimum atomic E-state index is -2.56. The third kappa shape index (κ3) is 4.32. The van der Waals surface area contributed by atoms with Crippen LogP contribution in [0.2, 0.25) is 0 Å². The summed E-state index contributed by atoms with van der Waals surface area (Å²) in [5, 5.41) is 3.07. The van der Waals surface area contributed by atoms with Crippen molar-refractivity contribution in [3.05, 3.63) is 152 Å². The van der Waals surface area contributed by atoms with Gasteiger partial charge in [-0.2, -0.15) is 0 Å². The normalized spacial score (nSPS) is 13.4. The van der Waals surface area contributed by atoms with Gasteiger partial charge in [0.2, 0.25) is 0 Å². The highest BCUT2D eigenvalue weighted by molar-refractivity contribution is 8.26. The summed E-state index contributed by atoms with van der Waals surface area (Å²) in [7, 11) is 0. The first-order valence-electron chi connectivity index (χ1n) is 15.1. The fourth-order valence-electron chi connectivity index (χ4n) is 6.38. The molecule has 0 saturated carbocycles. The summed E-state index contributed by atoms with van der Waals surface area (Å²) in [6, 6.07) is 45.2. The number of hydrogen-bond donors (Lipinski definition) is 0. The molecule has 0 N–H and O–H groups in total. The summed E-state index contributed by atoms with van der Waals surface area (Å²) in [6.45, 7) is 0. The maximum atomic E-state index is 6.88. The van der Waals surface area contributed by atoms with Crippen LogP contribution >= 0.6 is 6.04 Å². The van der Waals surface area contributed by atoms with Gasteiger partial charge in [-0.05, 0) is 82.9 Å². The summed E-state index contributed by atoms with van der Waals surface area (Å²) >= 11 is 6.88. The molecule has 0 radical (unpaired) electrons. The molecule has 0 bridgehead atoms. The summed E-state index contributed by atoms with van der Waals surface area (Å²) in [4.78, 5) is 9.01. The molecule has 0 spiro atoms. The first kappa shape index (κ1) is 27.0. The molecule has 0 aliphatic carbocycles. The number of aromatic nitrogens is 2. The maximum Gasteiger partial charge on any atom is 0.140 e. The van der Waals surface area contributed by atoms with E-state index in [0.717, 1.165) is 83.7 Å². The minimum absolute atomic E-state index is 0.775. The molecule has 5 aromatic carbocycles. The lowest BCUT2D eigenvalue weighted by molar-refractivity contribution is 0.466. The highest BCUT2D eigenvalue weighted by atomic mass is 32.4. The second-order valence-electron chi connectivity index (χ2n) is 11.4. The van der Waals surface area contributed by atoms with E-state index in [0.29, 0.717) is 0 Å². The van der Waals surface area contributed by atoms with Crippen LogP contribution in [-0.4, -0.2) is 9.97 Å². The Morgan fingerprint density at radius 1 is 0.413 bits per heavy atom. The Morgan fingerprint density at radius 2 is 0.848 bits per heavy atom. The highest BCUT2D eigenvalue weighted by Crippen LogP contribution is 2.59. The molecule has 218 valence electrons. The van der Waals surface area contributed by atoms with Gasteiger partial charge < -0.3 is 9.47 Å². The Balaban J connectivity index is 1.16. The third-order valence-electron chi connectivity index (χ3n) is 8.67. The van der Waals surface area contributed by atoms with Gasteiger partial charge in [0.25, 0.3) is 0 Å². The van der Waals surface area contributed by atoms with Crippen molar-refractivity contribution in [1.29, 1.82) is 0 Å². The molecule has 46 heavy (non-hydrogen) atoms. The molecule has 0 fully saturated rings. The molecule has 0 atom stereocenters. The van der Waals surface area contributed by atoms with Gasteiger partial charge in [0.05, 0.1) is 22.7 Å². The molecule has 2 aliphatic heterocycles. The van der Waals surface area contributed by atoms with E-state index in [4.69, 9.17) is 21.3 Å². The van der Waals surface area contributed by atoms with E-state index < -0.39 is 6.04 Å². The van der Waals surface area contributed by atoms with Crippen molar-refractivity contribution < 1.29 is 9.47 Å². The lowest BCUT2D eigenvalue weighted by Gasteiger charge is -2.37. The molecule has 0 saturated heterocycles. The fourth-order valence-corrected chi connectivity index (χ4v) is 10.9. The molecule has 7 aromatic rings. The molecule has 9 rings (SSSR count). The second-order valence-corrected chi connectivity index (χ2v) is 15.6. The largest absolute Gasteiger partial charge is 0.456 e. The second kappa shape index (κ2) is 10.6. The Labute approximate surface area is 272 Å². The zero-order chi connectivity index (χ0) is 30.7. The molecular formula is C40H25N2O2PS. The van der Waals surface area contributed by atoms with Crippen molar-refractivity contribution in [3.63, 3.8) is 0 Å². The van der Waals surface area contributed by atoms with Crippen molar-refractivity contribution >= 4 is 33.8 Å². The van der Waals surface area contributed by atoms with Crippen LogP contribution in [0.4, 0.5) is 0 Å². The van der Waals surface area contributed by atoms with Crippen molar-refractivity contribution in [2.24, 2.45) is 0 Å². The first-order chi connectivity index (χ1) is 22.6. The van der Waals surface area contributed by atoms with Crippen LogP contribution in [0.15, 0.2) is 152 Å². The van der Waals surface area contributed by atoms with E-state index in [1.54, 1.807) is 0 Å². The van der Waals surface area contributed by atoms with Crippen LogP contribution in [0.1, 0.15) is 0 Å².